The summed E-state index contributed by atoms with van der Waals surface area (Å²) in [6.45, 7) is 2.84. The van der Waals surface area contributed by atoms with Gasteiger partial charge in [-0.3, -0.25) is 4.79 Å². The molecule has 0 fully saturated rings. The standard InChI is InChI=1S/C17H23N3O4/c1-12(16(22)23)19(2)15(21)7-9-18-17(24)20-10-8-13-5-3-4-6-14(13)11-20/h3-6,12H,7-11H2,1-2H3,(H,18,24)(H,22,23). The van der Waals surface area contributed by atoms with Crippen molar-refractivity contribution in [3.05, 3.63) is 35.4 Å². The van der Waals surface area contributed by atoms with E-state index in [9.17, 15) is 14.4 Å². The fourth-order valence-corrected chi connectivity index (χ4v) is 2.62. The molecule has 1 unspecified atom stereocenters. The zero-order chi connectivity index (χ0) is 17.7. The third-order valence-electron chi connectivity index (χ3n) is 4.36. The first-order valence-corrected chi connectivity index (χ1v) is 7.98. The van der Waals surface area contributed by atoms with Gasteiger partial charge in [0.25, 0.3) is 0 Å². The van der Waals surface area contributed by atoms with E-state index in [-0.39, 0.29) is 24.9 Å². The highest BCUT2D eigenvalue weighted by molar-refractivity contribution is 5.83. The number of rotatable bonds is 5. The number of fused-ring (bicyclic) bond motifs is 1. The Morgan fingerprint density at radius 2 is 1.96 bits per heavy atom. The molecule has 0 aliphatic carbocycles. The molecule has 1 aliphatic heterocycles. The van der Waals surface area contributed by atoms with E-state index in [0.717, 1.165) is 12.0 Å². The molecule has 1 aliphatic rings. The summed E-state index contributed by atoms with van der Waals surface area (Å²) in [5, 5.41) is 11.6. The van der Waals surface area contributed by atoms with Crippen LogP contribution >= 0.6 is 0 Å². The van der Waals surface area contributed by atoms with Crippen LogP contribution in [0.2, 0.25) is 0 Å². The highest BCUT2D eigenvalue weighted by atomic mass is 16.4. The Labute approximate surface area is 141 Å². The van der Waals surface area contributed by atoms with Gasteiger partial charge in [0.05, 0.1) is 0 Å². The lowest BCUT2D eigenvalue weighted by molar-refractivity contribution is -0.148. The highest BCUT2D eigenvalue weighted by Gasteiger charge is 2.23. The second-order valence-electron chi connectivity index (χ2n) is 5.94. The van der Waals surface area contributed by atoms with Gasteiger partial charge in [0.1, 0.15) is 6.04 Å². The van der Waals surface area contributed by atoms with E-state index >= 15 is 0 Å². The second-order valence-corrected chi connectivity index (χ2v) is 5.94. The number of carbonyl (C=O) groups excluding carboxylic acids is 2. The molecule has 0 saturated heterocycles. The maximum atomic E-state index is 12.2. The van der Waals surface area contributed by atoms with Crippen molar-refractivity contribution in [2.75, 3.05) is 20.1 Å². The first kappa shape index (κ1) is 17.8. The predicted octanol–water partition coefficient (Wildman–Crippen LogP) is 1.08. The van der Waals surface area contributed by atoms with E-state index in [1.807, 2.05) is 18.2 Å². The quantitative estimate of drug-likeness (QED) is 0.843. The maximum Gasteiger partial charge on any atom is 0.326 e. The fourth-order valence-electron chi connectivity index (χ4n) is 2.62. The van der Waals surface area contributed by atoms with Gasteiger partial charge >= 0.3 is 12.0 Å². The average molecular weight is 333 g/mol. The monoisotopic (exact) mass is 333 g/mol. The summed E-state index contributed by atoms with van der Waals surface area (Å²) >= 11 is 0. The normalized spacial score (nSPS) is 14.5. The number of likely N-dealkylation sites (N-methyl/N-ethyl adjacent to an activating group) is 1. The fraction of sp³-hybridized carbons (Fsp3) is 0.471. The van der Waals surface area contributed by atoms with Crippen molar-refractivity contribution < 1.29 is 19.5 Å². The Bertz CT molecular complexity index is 632. The first-order valence-electron chi connectivity index (χ1n) is 7.98. The van der Waals surface area contributed by atoms with Gasteiger partial charge in [-0.25, -0.2) is 9.59 Å². The lowest BCUT2D eigenvalue weighted by atomic mass is 10.0. The van der Waals surface area contributed by atoms with Crippen LogP contribution in [0.25, 0.3) is 0 Å². The van der Waals surface area contributed by atoms with Gasteiger partial charge in [0.15, 0.2) is 0 Å². The zero-order valence-corrected chi connectivity index (χ0v) is 14.0. The van der Waals surface area contributed by atoms with Crippen molar-refractivity contribution in [2.24, 2.45) is 0 Å². The summed E-state index contributed by atoms with van der Waals surface area (Å²) in [5.74, 6) is -1.36. The summed E-state index contributed by atoms with van der Waals surface area (Å²) < 4.78 is 0. The van der Waals surface area contributed by atoms with E-state index in [1.165, 1.54) is 24.4 Å². The van der Waals surface area contributed by atoms with Crippen LogP contribution in [0, 0.1) is 0 Å². The Morgan fingerprint density at radius 3 is 2.62 bits per heavy atom. The summed E-state index contributed by atoms with van der Waals surface area (Å²) in [5.41, 5.74) is 2.41. The lowest BCUT2D eigenvalue weighted by Gasteiger charge is -2.29. The predicted molar refractivity (Wildman–Crippen MR) is 88.4 cm³/mol. The van der Waals surface area contributed by atoms with Gasteiger partial charge in [-0.05, 0) is 24.5 Å². The average Bonchev–Trinajstić information content (AvgIpc) is 2.59. The summed E-state index contributed by atoms with van der Waals surface area (Å²) in [7, 11) is 1.45. The van der Waals surface area contributed by atoms with Crippen LogP contribution in [0.15, 0.2) is 24.3 Å². The first-order chi connectivity index (χ1) is 11.4. The van der Waals surface area contributed by atoms with Crippen molar-refractivity contribution >= 4 is 17.9 Å². The minimum atomic E-state index is -1.05. The molecule has 24 heavy (non-hydrogen) atoms. The number of carbonyl (C=O) groups is 3. The number of carboxylic acids is 1. The molecule has 2 rings (SSSR count). The summed E-state index contributed by atoms with van der Waals surface area (Å²) in [6.07, 6.45) is 0.895. The molecule has 7 nitrogen and oxygen atoms in total. The summed E-state index contributed by atoms with van der Waals surface area (Å²) in [6, 6.07) is 6.95. The number of hydrogen-bond donors (Lipinski definition) is 2. The van der Waals surface area contributed by atoms with Crippen molar-refractivity contribution in [2.45, 2.75) is 32.4 Å². The number of nitrogens with one attached hydrogen (secondary N) is 1. The van der Waals surface area contributed by atoms with Crippen LogP contribution in [0.1, 0.15) is 24.5 Å². The highest BCUT2D eigenvalue weighted by Crippen LogP contribution is 2.18. The number of aliphatic carboxylic acids is 1. The third-order valence-corrected chi connectivity index (χ3v) is 4.36. The van der Waals surface area contributed by atoms with Crippen molar-refractivity contribution in [3.63, 3.8) is 0 Å². The van der Waals surface area contributed by atoms with Crippen LogP contribution in [-0.4, -0.2) is 59.0 Å². The smallest absolute Gasteiger partial charge is 0.326 e. The zero-order valence-electron chi connectivity index (χ0n) is 14.0. The van der Waals surface area contributed by atoms with E-state index in [0.29, 0.717) is 13.1 Å². The van der Waals surface area contributed by atoms with Gasteiger partial charge in [-0.15, -0.1) is 0 Å². The maximum absolute atomic E-state index is 12.2. The van der Waals surface area contributed by atoms with Gasteiger partial charge in [-0.1, -0.05) is 24.3 Å². The van der Waals surface area contributed by atoms with E-state index in [2.05, 4.69) is 11.4 Å². The molecule has 0 bridgehead atoms. The van der Waals surface area contributed by atoms with Crippen molar-refractivity contribution in [1.82, 2.24) is 15.1 Å². The topological polar surface area (TPSA) is 90.0 Å². The van der Waals surface area contributed by atoms with Gasteiger partial charge in [-0.2, -0.15) is 0 Å². The number of urea groups is 1. The van der Waals surface area contributed by atoms with E-state index < -0.39 is 12.0 Å². The van der Waals surface area contributed by atoms with E-state index in [4.69, 9.17) is 5.11 Å². The minimum Gasteiger partial charge on any atom is -0.480 e. The van der Waals surface area contributed by atoms with Gasteiger partial charge in [0, 0.05) is 33.1 Å². The van der Waals surface area contributed by atoms with Crippen molar-refractivity contribution in [1.29, 1.82) is 0 Å². The number of hydrogen-bond acceptors (Lipinski definition) is 3. The lowest BCUT2D eigenvalue weighted by Crippen LogP contribution is -2.45. The molecule has 0 radical (unpaired) electrons. The van der Waals surface area contributed by atoms with Gasteiger partial charge < -0.3 is 20.2 Å². The molecule has 7 heteroatoms. The molecule has 1 aromatic rings. The van der Waals surface area contributed by atoms with Gasteiger partial charge in [0.2, 0.25) is 5.91 Å². The Balaban J connectivity index is 1.78. The van der Waals surface area contributed by atoms with Crippen LogP contribution in [0.4, 0.5) is 4.79 Å². The second kappa shape index (κ2) is 7.81. The summed E-state index contributed by atoms with van der Waals surface area (Å²) in [4.78, 5) is 37.9. The van der Waals surface area contributed by atoms with E-state index in [1.54, 1.807) is 4.90 Å². The molecule has 0 aromatic heterocycles. The molecule has 1 atom stereocenters. The molecule has 130 valence electrons. The molecule has 1 aromatic carbocycles. The molecule has 2 N–H and O–H groups in total. The molecule has 3 amide bonds. The molecular weight excluding hydrogens is 310 g/mol. The Morgan fingerprint density at radius 1 is 1.29 bits per heavy atom. The van der Waals surface area contributed by atoms with Crippen LogP contribution < -0.4 is 5.32 Å². The molecule has 0 spiro atoms. The molecule has 0 saturated carbocycles. The minimum absolute atomic E-state index is 0.0737. The number of amides is 3. The Hall–Kier alpha value is -2.57. The third kappa shape index (κ3) is 4.24. The Kier molecular flexibility index (Phi) is 5.78. The largest absolute Gasteiger partial charge is 0.480 e. The van der Waals surface area contributed by atoms with Crippen molar-refractivity contribution in [3.8, 4) is 0 Å². The molecular formula is C17H23N3O4. The SMILES string of the molecule is CC(C(=O)O)N(C)C(=O)CCNC(=O)N1CCc2ccccc2C1. The van der Waals surface area contributed by atoms with Crippen LogP contribution in [0.5, 0.6) is 0 Å². The number of nitrogens with zero attached hydrogens (tertiary/aromatic N) is 2. The van der Waals surface area contributed by atoms with Crippen LogP contribution in [-0.2, 0) is 22.6 Å². The van der Waals surface area contributed by atoms with Crippen LogP contribution in [0.3, 0.4) is 0 Å². The number of carboxylic acid groups (broad SMARTS) is 1. The number of benzene rings is 1. The molecule has 1 heterocycles.